The highest BCUT2D eigenvalue weighted by molar-refractivity contribution is 14.0. The molecule has 7 heteroatoms. The third kappa shape index (κ3) is 7.15. The molecule has 0 atom stereocenters. The van der Waals surface area contributed by atoms with Crippen molar-refractivity contribution in [2.45, 2.75) is 20.0 Å². The van der Waals surface area contributed by atoms with Gasteiger partial charge in [-0.1, -0.05) is 24.3 Å². The van der Waals surface area contributed by atoms with E-state index in [0.717, 1.165) is 49.9 Å². The van der Waals surface area contributed by atoms with Crippen LogP contribution in [0, 0.1) is 5.82 Å². The van der Waals surface area contributed by atoms with Crippen LogP contribution < -0.4 is 10.2 Å². The lowest BCUT2D eigenvalue weighted by Gasteiger charge is -2.28. The minimum atomic E-state index is -0.215. The number of nitrogens with zero attached hydrogens (tertiary/aromatic N) is 3. The lowest BCUT2D eigenvalue weighted by atomic mass is 10.2. The van der Waals surface area contributed by atoms with E-state index in [9.17, 15) is 4.39 Å². The lowest BCUT2D eigenvalue weighted by molar-refractivity contribution is 0.122. The maximum atomic E-state index is 13.4. The number of anilines is 1. The van der Waals surface area contributed by atoms with Crippen LogP contribution in [0.2, 0.25) is 0 Å². The number of aliphatic imine (C=N–C) groups is 1. The van der Waals surface area contributed by atoms with Gasteiger partial charge in [-0.3, -0.25) is 0 Å². The number of nitrogens with one attached hydrogen (secondary N) is 1. The van der Waals surface area contributed by atoms with Crippen LogP contribution in [0.1, 0.15) is 18.1 Å². The molecule has 0 aromatic heterocycles. The average molecular weight is 512 g/mol. The van der Waals surface area contributed by atoms with Gasteiger partial charge in [-0.25, -0.2) is 9.38 Å². The molecule has 1 heterocycles. The van der Waals surface area contributed by atoms with Gasteiger partial charge in [0.2, 0.25) is 0 Å². The molecule has 1 aliphatic rings. The minimum absolute atomic E-state index is 0. The van der Waals surface area contributed by atoms with Crippen molar-refractivity contribution in [1.29, 1.82) is 0 Å². The van der Waals surface area contributed by atoms with Crippen molar-refractivity contribution >= 4 is 35.6 Å². The first-order chi connectivity index (χ1) is 13.7. The Morgan fingerprint density at radius 1 is 1.14 bits per heavy atom. The van der Waals surface area contributed by atoms with Gasteiger partial charge >= 0.3 is 0 Å². The Kier molecular flexibility index (Phi) is 9.66. The Hall–Kier alpha value is -1.87. The topological polar surface area (TPSA) is 40.1 Å². The Labute approximate surface area is 190 Å². The second-order valence-electron chi connectivity index (χ2n) is 6.92. The second kappa shape index (κ2) is 12.0. The zero-order valence-corrected chi connectivity index (χ0v) is 19.4. The number of hydrogen-bond acceptors (Lipinski definition) is 3. The summed E-state index contributed by atoms with van der Waals surface area (Å²) in [6.45, 7) is 7.47. The van der Waals surface area contributed by atoms with Crippen LogP contribution in [0.4, 0.5) is 10.1 Å². The van der Waals surface area contributed by atoms with E-state index >= 15 is 0 Å². The van der Waals surface area contributed by atoms with Crippen molar-refractivity contribution < 1.29 is 9.13 Å². The van der Waals surface area contributed by atoms with E-state index in [1.807, 2.05) is 24.9 Å². The highest BCUT2D eigenvalue weighted by Crippen LogP contribution is 2.17. The predicted octanol–water partition coefficient (Wildman–Crippen LogP) is 3.88. The maximum Gasteiger partial charge on any atom is 0.194 e. The Morgan fingerprint density at radius 3 is 2.52 bits per heavy atom. The van der Waals surface area contributed by atoms with Crippen LogP contribution in [0.5, 0.6) is 0 Å². The molecule has 1 saturated heterocycles. The molecule has 0 radical (unpaired) electrons. The van der Waals surface area contributed by atoms with Gasteiger partial charge < -0.3 is 19.9 Å². The molecule has 5 nitrogen and oxygen atoms in total. The highest BCUT2D eigenvalue weighted by atomic mass is 127. The summed E-state index contributed by atoms with van der Waals surface area (Å²) in [5.74, 6) is 0.595. The van der Waals surface area contributed by atoms with Gasteiger partial charge in [0.15, 0.2) is 5.96 Å². The van der Waals surface area contributed by atoms with Crippen molar-refractivity contribution in [2.75, 3.05) is 44.8 Å². The number of rotatable bonds is 6. The summed E-state index contributed by atoms with van der Waals surface area (Å²) in [5.41, 5.74) is 3.31. The summed E-state index contributed by atoms with van der Waals surface area (Å²) in [5, 5.41) is 3.31. The maximum absolute atomic E-state index is 13.4. The molecule has 1 N–H and O–H groups in total. The van der Waals surface area contributed by atoms with E-state index < -0.39 is 0 Å². The van der Waals surface area contributed by atoms with Gasteiger partial charge in [-0.15, -0.1) is 24.0 Å². The zero-order valence-electron chi connectivity index (χ0n) is 17.1. The molecular weight excluding hydrogens is 482 g/mol. The molecule has 3 rings (SSSR count). The van der Waals surface area contributed by atoms with Crippen LogP contribution in [0.15, 0.2) is 53.5 Å². The van der Waals surface area contributed by atoms with E-state index in [4.69, 9.17) is 9.73 Å². The fourth-order valence-corrected chi connectivity index (χ4v) is 3.25. The first-order valence-corrected chi connectivity index (χ1v) is 9.81. The van der Waals surface area contributed by atoms with Crippen LogP contribution >= 0.6 is 24.0 Å². The van der Waals surface area contributed by atoms with Gasteiger partial charge in [-0.2, -0.15) is 0 Å². The first kappa shape index (κ1) is 23.4. The van der Waals surface area contributed by atoms with Crippen LogP contribution in [-0.4, -0.2) is 50.8 Å². The van der Waals surface area contributed by atoms with Crippen molar-refractivity contribution in [3.05, 3.63) is 65.5 Å². The minimum Gasteiger partial charge on any atom is -0.378 e. The third-order valence-corrected chi connectivity index (χ3v) is 4.73. The average Bonchev–Trinajstić information content (AvgIpc) is 2.72. The number of ether oxygens (including phenoxy) is 1. The Bertz CT molecular complexity index is 779. The Balaban J connectivity index is 0.00000300. The molecule has 0 amide bonds. The van der Waals surface area contributed by atoms with Gasteiger partial charge in [0, 0.05) is 38.9 Å². The normalized spacial score (nSPS) is 14.3. The molecular formula is C22H30FIN4O. The van der Waals surface area contributed by atoms with Crippen LogP contribution in [0.25, 0.3) is 0 Å². The zero-order chi connectivity index (χ0) is 19.8. The summed E-state index contributed by atoms with van der Waals surface area (Å²) in [7, 11) is 1.97. The van der Waals surface area contributed by atoms with Crippen molar-refractivity contribution in [1.82, 2.24) is 10.2 Å². The molecule has 2 aromatic rings. The summed E-state index contributed by atoms with van der Waals surface area (Å²) in [6.07, 6.45) is 0. The molecule has 1 aliphatic heterocycles. The van der Waals surface area contributed by atoms with Crippen molar-refractivity contribution in [3.8, 4) is 0 Å². The summed E-state index contributed by atoms with van der Waals surface area (Å²) >= 11 is 0. The van der Waals surface area contributed by atoms with E-state index in [-0.39, 0.29) is 29.8 Å². The molecule has 0 bridgehead atoms. The fraction of sp³-hybridized carbons (Fsp3) is 0.409. The summed E-state index contributed by atoms with van der Waals surface area (Å²) in [6, 6.07) is 15.2. The van der Waals surface area contributed by atoms with Crippen molar-refractivity contribution in [2.24, 2.45) is 4.99 Å². The number of hydrogen-bond donors (Lipinski definition) is 1. The summed E-state index contributed by atoms with van der Waals surface area (Å²) in [4.78, 5) is 9.10. The smallest absolute Gasteiger partial charge is 0.194 e. The largest absolute Gasteiger partial charge is 0.378 e. The highest BCUT2D eigenvalue weighted by Gasteiger charge is 2.11. The monoisotopic (exact) mass is 512 g/mol. The van der Waals surface area contributed by atoms with Gasteiger partial charge in [0.05, 0.1) is 19.8 Å². The molecule has 1 fully saturated rings. The number of guanidine groups is 1. The van der Waals surface area contributed by atoms with Gasteiger partial charge in [0.1, 0.15) is 5.82 Å². The molecule has 29 heavy (non-hydrogen) atoms. The summed E-state index contributed by atoms with van der Waals surface area (Å²) < 4.78 is 18.8. The van der Waals surface area contributed by atoms with Gasteiger partial charge in [0.25, 0.3) is 0 Å². The lowest BCUT2D eigenvalue weighted by Crippen LogP contribution is -2.38. The Morgan fingerprint density at radius 2 is 1.86 bits per heavy atom. The van der Waals surface area contributed by atoms with Gasteiger partial charge in [-0.05, 0) is 42.3 Å². The van der Waals surface area contributed by atoms with Crippen molar-refractivity contribution in [3.63, 3.8) is 0 Å². The van der Waals surface area contributed by atoms with E-state index in [1.54, 1.807) is 12.1 Å². The van der Waals surface area contributed by atoms with E-state index in [1.165, 1.54) is 11.8 Å². The second-order valence-corrected chi connectivity index (χ2v) is 6.92. The molecule has 0 unspecified atom stereocenters. The molecule has 2 aromatic carbocycles. The van der Waals surface area contributed by atoms with E-state index in [0.29, 0.717) is 13.1 Å². The fourth-order valence-electron chi connectivity index (χ4n) is 3.25. The number of halogens is 2. The predicted molar refractivity (Wildman–Crippen MR) is 128 cm³/mol. The molecule has 0 aliphatic carbocycles. The number of morpholine rings is 1. The standard InChI is InChI=1S/C22H29FN4O.HI/c1-3-24-22(26(2)17-19-5-4-6-20(23)15-19)25-16-18-7-9-21(10-8-18)27-11-13-28-14-12-27;/h4-10,15H,3,11-14,16-17H2,1-2H3,(H,24,25);1H. The molecule has 0 saturated carbocycles. The van der Waals surface area contributed by atoms with Crippen LogP contribution in [-0.2, 0) is 17.8 Å². The SMILES string of the molecule is CCNC(=NCc1ccc(N2CCOCC2)cc1)N(C)Cc1cccc(F)c1.I. The van der Waals surface area contributed by atoms with Crippen LogP contribution in [0.3, 0.4) is 0 Å². The molecule has 158 valence electrons. The quantitative estimate of drug-likeness (QED) is 0.363. The third-order valence-electron chi connectivity index (χ3n) is 4.73. The van der Waals surface area contributed by atoms with E-state index in [2.05, 4.69) is 34.5 Å². The molecule has 0 spiro atoms. The number of benzene rings is 2. The first-order valence-electron chi connectivity index (χ1n) is 9.81.